The van der Waals surface area contributed by atoms with Gasteiger partial charge in [0.25, 0.3) is 0 Å². The van der Waals surface area contributed by atoms with E-state index in [1.165, 1.54) is 0 Å². The maximum Gasteiger partial charge on any atom is 0.236 e. The maximum absolute atomic E-state index is 15.7. The molecule has 0 spiro atoms. The first-order valence-corrected chi connectivity index (χ1v) is 22.7. The molecule has 4 N–H and O–H groups in total. The normalized spacial score (nSPS) is 14.3. The third kappa shape index (κ3) is 8.05. The molecule has 1 fully saturated rings. The maximum atomic E-state index is 15.7. The highest BCUT2D eigenvalue weighted by Crippen LogP contribution is 2.50. The highest BCUT2D eigenvalue weighted by Gasteiger charge is 2.55. The molecule has 1 saturated carbocycles. The minimum Gasteiger partial charge on any atom is -0.497 e. The quantitative estimate of drug-likeness (QED) is 0.0704. The molecule has 344 valence electrons. The summed E-state index contributed by atoms with van der Waals surface area (Å²) in [5.41, 5.74) is -2.55. The number of hydrogen-bond donors (Lipinski definition) is 4. The van der Waals surface area contributed by atoms with Crippen LogP contribution in [0, 0.1) is 5.41 Å². The van der Waals surface area contributed by atoms with E-state index in [2.05, 4.69) is 10.6 Å². The van der Waals surface area contributed by atoms with E-state index in [0.29, 0.717) is 62.8 Å². The lowest BCUT2D eigenvalue weighted by Crippen LogP contribution is -2.59. The third-order valence-corrected chi connectivity index (χ3v) is 13.8. The lowest BCUT2D eigenvalue weighted by Gasteiger charge is -2.45. The monoisotopic (exact) mass is 906 g/mol. The van der Waals surface area contributed by atoms with Crippen LogP contribution in [-0.4, -0.2) is 50.5 Å². The van der Waals surface area contributed by atoms with Crippen LogP contribution in [0.2, 0.25) is 0 Å². The number of benzene rings is 8. The summed E-state index contributed by atoms with van der Waals surface area (Å²) >= 11 is 0. The van der Waals surface area contributed by atoms with Crippen LogP contribution in [0.1, 0.15) is 64.7 Å². The van der Waals surface area contributed by atoms with Gasteiger partial charge in [-0.05, 0) is 116 Å². The molecule has 8 aromatic carbocycles. The SMILES string of the molecule is COc1cccc(C(O)(c2cccc(OC)c2)[C@@H](NC(=O)C2(C(=O)N[C@@H](c3cccc4ccccc34)C(O)(c3cccc(OC)c3)c3cccc(OC)c3)CCC2)c2cccc3ccccc23)c1. The van der Waals surface area contributed by atoms with Gasteiger partial charge in [-0.3, -0.25) is 9.59 Å². The molecule has 8 aromatic rings. The van der Waals surface area contributed by atoms with Crippen LogP contribution in [0.4, 0.5) is 0 Å². The van der Waals surface area contributed by atoms with Gasteiger partial charge >= 0.3 is 0 Å². The standard InChI is InChI=1S/C58H54N2O8/c1-65-44-24-11-20-40(34-44)57(63,41-21-12-25-45(35-41)66-2)52(50-30-9-18-38-16-5-7-28-48(38)50)59-54(61)56(32-15-33-56)55(62)60-53(51-31-10-19-39-17-6-8-29-49(39)51)58(64,42-22-13-26-46(36-42)67-3)43-23-14-27-47(37-43)68-4/h5-14,16-31,34-37,52-53,63-64H,15,32-33H2,1-4H3,(H,59,61)(H,60,62)/t52-,53-/m0/s1. The van der Waals surface area contributed by atoms with E-state index >= 15 is 9.59 Å². The summed E-state index contributed by atoms with van der Waals surface area (Å²) in [5.74, 6) is 0.848. The largest absolute Gasteiger partial charge is 0.497 e. The van der Waals surface area contributed by atoms with Crippen molar-refractivity contribution in [2.75, 3.05) is 28.4 Å². The van der Waals surface area contributed by atoms with Crippen LogP contribution in [0.25, 0.3) is 21.5 Å². The average molecular weight is 907 g/mol. The smallest absolute Gasteiger partial charge is 0.236 e. The van der Waals surface area contributed by atoms with Gasteiger partial charge in [-0.1, -0.05) is 140 Å². The number of methoxy groups -OCH3 is 4. The van der Waals surface area contributed by atoms with Crippen molar-refractivity contribution in [3.63, 3.8) is 0 Å². The van der Waals surface area contributed by atoms with E-state index in [4.69, 9.17) is 18.9 Å². The van der Waals surface area contributed by atoms with Crippen LogP contribution in [0.3, 0.4) is 0 Å². The number of aliphatic hydroxyl groups is 2. The second kappa shape index (κ2) is 18.9. The zero-order chi connectivity index (χ0) is 47.5. The first-order valence-electron chi connectivity index (χ1n) is 22.7. The first kappa shape index (κ1) is 45.5. The number of nitrogens with one attached hydrogen (secondary N) is 2. The second-order valence-corrected chi connectivity index (χ2v) is 17.3. The molecule has 1 aliphatic carbocycles. The Balaban J connectivity index is 1.22. The van der Waals surface area contributed by atoms with Crippen molar-refractivity contribution >= 4 is 33.4 Å². The molecule has 9 rings (SSSR count). The molecule has 0 unspecified atom stereocenters. The zero-order valence-electron chi connectivity index (χ0n) is 38.4. The van der Waals surface area contributed by atoms with Gasteiger partial charge in [0.2, 0.25) is 11.8 Å². The molecule has 0 saturated heterocycles. The Morgan fingerprint density at radius 2 is 0.765 bits per heavy atom. The van der Waals surface area contributed by atoms with E-state index < -0.39 is 40.5 Å². The van der Waals surface area contributed by atoms with E-state index in [-0.39, 0.29) is 12.8 Å². The fraction of sp³-hybridized carbons (Fsp3) is 0.207. The Morgan fingerprint density at radius 1 is 0.456 bits per heavy atom. The molecule has 0 bridgehead atoms. The molecule has 10 heteroatoms. The van der Waals surface area contributed by atoms with Gasteiger partial charge in [0.15, 0.2) is 0 Å². The predicted octanol–water partition coefficient (Wildman–Crippen LogP) is 10.1. The van der Waals surface area contributed by atoms with Gasteiger partial charge in [-0.2, -0.15) is 0 Å². The number of fused-ring (bicyclic) bond motifs is 2. The van der Waals surface area contributed by atoms with E-state index in [1.54, 1.807) is 126 Å². The lowest BCUT2D eigenvalue weighted by atomic mass is 9.66. The van der Waals surface area contributed by atoms with Crippen molar-refractivity contribution in [1.29, 1.82) is 0 Å². The Bertz CT molecular complexity index is 2820. The van der Waals surface area contributed by atoms with Gasteiger partial charge in [-0.25, -0.2) is 0 Å². The van der Waals surface area contributed by atoms with Crippen molar-refractivity contribution in [3.05, 3.63) is 215 Å². The van der Waals surface area contributed by atoms with Gasteiger partial charge in [0, 0.05) is 0 Å². The molecular formula is C58H54N2O8. The zero-order valence-corrected chi connectivity index (χ0v) is 38.4. The minimum atomic E-state index is -1.96. The third-order valence-electron chi connectivity index (χ3n) is 13.8. The summed E-state index contributed by atoms with van der Waals surface area (Å²) in [5, 5.41) is 37.5. The molecule has 2 amide bonds. The molecule has 10 nitrogen and oxygen atoms in total. The molecule has 1 aliphatic rings. The summed E-state index contributed by atoms with van der Waals surface area (Å²) in [6.07, 6.45) is 1.01. The molecule has 0 aliphatic heterocycles. The topological polar surface area (TPSA) is 136 Å². The molecule has 0 heterocycles. The van der Waals surface area contributed by atoms with Gasteiger partial charge in [-0.15, -0.1) is 0 Å². The summed E-state index contributed by atoms with van der Waals surface area (Å²) in [4.78, 5) is 31.4. The fourth-order valence-electron chi connectivity index (χ4n) is 9.89. The molecule has 0 radical (unpaired) electrons. The summed E-state index contributed by atoms with van der Waals surface area (Å²) < 4.78 is 22.7. The van der Waals surface area contributed by atoms with Gasteiger partial charge in [0.1, 0.15) is 39.6 Å². The summed E-state index contributed by atoms with van der Waals surface area (Å²) in [6.45, 7) is 0. The Hall–Kier alpha value is -7.66. The van der Waals surface area contributed by atoms with Gasteiger partial charge < -0.3 is 39.8 Å². The van der Waals surface area contributed by atoms with E-state index in [1.807, 2.05) is 84.9 Å². The van der Waals surface area contributed by atoms with Crippen LogP contribution in [-0.2, 0) is 20.8 Å². The number of ether oxygens (including phenoxy) is 4. The van der Waals surface area contributed by atoms with Crippen LogP contribution >= 0.6 is 0 Å². The molecular weight excluding hydrogens is 853 g/mol. The fourth-order valence-corrected chi connectivity index (χ4v) is 9.89. The van der Waals surface area contributed by atoms with Crippen LogP contribution in [0.15, 0.2) is 182 Å². The highest BCUT2D eigenvalue weighted by molar-refractivity contribution is 6.06. The number of carbonyl (C=O) groups excluding carboxylic acids is 2. The Kier molecular flexibility index (Phi) is 12.7. The van der Waals surface area contributed by atoms with E-state index in [9.17, 15) is 10.2 Å². The van der Waals surface area contributed by atoms with Crippen molar-refractivity contribution in [2.24, 2.45) is 5.41 Å². The first-order chi connectivity index (χ1) is 33.1. The van der Waals surface area contributed by atoms with Crippen LogP contribution in [0.5, 0.6) is 23.0 Å². The number of carbonyl (C=O) groups is 2. The second-order valence-electron chi connectivity index (χ2n) is 17.3. The average Bonchev–Trinajstić information content (AvgIpc) is 3.38. The Morgan fingerprint density at radius 3 is 1.07 bits per heavy atom. The Labute approximate surface area is 396 Å². The number of hydrogen-bond acceptors (Lipinski definition) is 8. The van der Waals surface area contributed by atoms with Crippen molar-refractivity contribution in [3.8, 4) is 23.0 Å². The lowest BCUT2D eigenvalue weighted by molar-refractivity contribution is -0.152. The molecule has 2 atom stereocenters. The van der Waals surface area contributed by atoms with E-state index in [0.717, 1.165) is 21.5 Å². The number of amides is 2. The number of rotatable bonds is 16. The predicted molar refractivity (Wildman–Crippen MR) is 264 cm³/mol. The van der Waals surface area contributed by atoms with Crippen molar-refractivity contribution in [2.45, 2.75) is 42.5 Å². The van der Waals surface area contributed by atoms with Crippen LogP contribution < -0.4 is 29.6 Å². The molecule has 68 heavy (non-hydrogen) atoms. The highest BCUT2D eigenvalue weighted by atomic mass is 16.5. The van der Waals surface area contributed by atoms with Gasteiger partial charge in [0.05, 0.1) is 40.5 Å². The summed E-state index contributed by atoms with van der Waals surface area (Å²) in [6, 6.07) is 53.3. The minimum absolute atomic E-state index is 0.211. The van der Waals surface area contributed by atoms with Crippen molar-refractivity contribution < 1.29 is 38.7 Å². The van der Waals surface area contributed by atoms with Crippen molar-refractivity contribution in [1.82, 2.24) is 10.6 Å². The summed E-state index contributed by atoms with van der Waals surface area (Å²) in [7, 11) is 6.23. The molecule has 0 aromatic heterocycles.